The maximum Gasteiger partial charge on any atom is 0.253 e. The molecule has 1 aromatic rings. The first-order valence-corrected chi connectivity index (χ1v) is 11.4. The van der Waals surface area contributed by atoms with Crippen molar-refractivity contribution in [1.29, 1.82) is 0 Å². The number of carbonyl (C=O) groups excluding carboxylic acids is 3. The zero-order chi connectivity index (χ0) is 22.0. The van der Waals surface area contributed by atoms with Crippen LogP contribution in [0.3, 0.4) is 0 Å². The fraction of sp³-hybridized carbons (Fsp3) is 0.609. The number of carbonyl (C=O) groups is 3. The summed E-state index contributed by atoms with van der Waals surface area (Å²) in [5.74, 6) is -0.172. The van der Waals surface area contributed by atoms with Gasteiger partial charge in [-0.25, -0.2) is 0 Å². The predicted molar refractivity (Wildman–Crippen MR) is 118 cm³/mol. The molecule has 8 heteroatoms. The molecule has 1 atom stereocenters. The van der Waals surface area contributed by atoms with Gasteiger partial charge in [0.2, 0.25) is 11.8 Å². The molecule has 0 radical (unpaired) electrons. The average Bonchev–Trinajstić information content (AvgIpc) is 2.82. The van der Waals surface area contributed by atoms with Crippen LogP contribution in [-0.2, 0) is 14.3 Å². The number of benzene rings is 1. The standard InChI is InChI=1S/C23H32N4O4/c1-3-24(4-2)22(29)17-8-9-18-20(15-17)27(16-21(28)25-11-13-31-14-12-25)23(30)19-7-5-6-10-26(18)19/h8-9,15,19H,3-7,10-14,16H2,1-2H3. The topological polar surface area (TPSA) is 73.4 Å². The van der Waals surface area contributed by atoms with Gasteiger partial charge in [-0.3, -0.25) is 19.3 Å². The minimum atomic E-state index is -0.233. The van der Waals surface area contributed by atoms with Crippen molar-refractivity contribution in [3.8, 4) is 0 Å². The van der Waals surface area contributed by atoms with Gasteiger partial charge in [-0.2, -0.15) is 0 Å². The summed E-state index contributed by atoms with van der Waals surface area (Å²) in [6.45, 7) is 8.11. The van der Waals surface area contributed by atoms with Crippen molar-refractivity contribution in [3.63, 3.8) is 0 Å². The highest BCUT2D eigenvalue weighted by molar-refractivity contribution is 6.09. The maximum atomic E-state index is 13.5. The molecular weight excluding hydrogens is 396 g/mol. The van der Waals surface area contributed by atoms with Crippen molar-refractivity contribution in [3.05, 3.63) is 23.8 Å². The van der Waals surface area contributed by atoms with E-state index in [0.29, 0.717) is 50.6 Å². The lowest BCUT2D eigenvalue weighted by Crippen LogP contribution is -2.57. The third-order valence-corrected chi connectivity index (χ3v) is 6.58. The van der Waals surface area contributed by atoms with Crippen LogP contribution in [0.25, 0.3) is 0 Å². The van der Waals surface area contributed by atoms with Gasteiger partial charge < -0.3 is 19.4 Å². The first kappa shape index (κ1) is 21.6. The second-order valence-electron chi connectivity index (χ2n) is 8.30. The number of morpholine rings is 1. The van der Waals surface area contributed by atoms with Crippen molar-refractivity contribution < 1.29 is 19.1 Å². The van der Waals surface area contributed by atoms with Crippen LogP contribution >= 0.6 is 0 Å². The molecule has 0 N–H and O–H groups in total. The zero-order valence-electron chi connectivity index (χ0n) is 18.5. The Labute approximate surface area is 183 Å². The molecule has 3 heterocycles. The molecular formula is C23H32N4O4. The van der Waals surface area contributed by atoms with Crippen molar-refractivity contribution >= 4 is 29.1 Å². The largest absolute Gasteiger partial charge is 0.378 e. The van der Waals surface area contributed by atoms with Crippen molar-refractivity contribution in [1.82, 2.24) is 9.80 Å². The second-order valence-corrected chi connectivity index (χ2v) is 8.30. The normalized spacial score (nSPS) is 20.9. The number of ether oxygens (including phenoxy) is 1. The molecule has 1 unspecified atom stereocenters. The van der Waals surface area contributed by atoms with E-state index in [4.69, 9.17) is 4.74 Å². The number of amides is 3. The molecule has 0 bridgehead atoms. The van der Waals surface area contributed by atoms with E-state index in [2.05, 4.69) is 4.90 Å². The van der Waals surface area contributed by atoms with Crippen LogP contribution in [0.15, 0.2) is 18.2 Å². The van der Waals surface area contributed by atoms with Crippen LogP contribution in [0.5, 0.6) is 0 Å². The van der Waals surface area contributed by atoms with Gasteiger partial charge in [-0.1, -0.05) is 0 Å². The SMILES string of the molecule is CCN(CC)C(=O)c1ccc2c(c1)N(CC(=O)N1CCOCC1)C(=O)C1CCCCN21. The summed E-state index contributed by atoms with van der Waals surface area (Å²) in [6.07, 6.45) is 2.84. The number of hydrogen-bond donors (Lipinski definition) is 0. The van der Waals surface area contributed by atoms with Gasteiger partial charge in [-0.15, -0.1) is 0 Å². The van der Waals surface area contributed by atoms with E-state index in [9.17, 15) is 14.4 Å². The molecule has 0 spiro atoms. The Hall–Kier alpha value is -2.61. The molecule has 0 aliphatic carbocycles. The number of nitrogens with zero attached hydrogens (tertiary/aromatic N) is 4. The van der Waals surface area contributed by atoms with Gasteiger partial charge in [0.1, 0.15) is 12.6 Å². The highest BCUT2D eigenvalue weighted by Crippen LogP contribution is 2.40. The van der Waals surface area contributed by atoms with Crippen LogP contribution in [0.4, 0.5) is 11.4 Å². The molecule has 3 aliphatic heterocycles. The molecule has 2 saturated heterocycles. The number of anilines is 2. The summed E-state index contributed by atoms with van der Waals surface area (Å²) in [5.41, 5.74) is 2.16. The van der Waals surface area contributed by atoms with Crippen molar-refractivity contribution in [2.45, 2.75) is 39.2 Å². The number of rotatable bonds is 5. The Bertz CT molecular complexity index is 848. The highest BCUT2D eigenvalue weighted by atomic mass is 16.5. The van der Waals surface area contributed by atoms with Crippen LogP contribution in [-0.4, -0.2) is 86.0 Å². The van der Waals surface area contributed by atoms with E-state index < -0.39 is 0 Å². The van der Waals surface area contributed by atoms with E-state index in [0.717, 1.165) is 31.5 Å². The minimum absolute atomic E-state index is 0.000906. The lowest BCUT2D eigenvalue weighted by Gasteiger charge is -2.45. The third-order valence-electron chi connectivity index (χ3n) is 6.58. The fourth-order valence-electron chi connectivity index (χ4n) is 4.80. The van der Waals surface area contributed by atoms with Crippen molar-refractivity contribution in [2.75, 3.05) is 62.3 Å². The van der Waals surface area contributed by atoms with Crippen molar-refractivity contribution in [2.24, 2.45) is 0 Å². The Morgan fingerprint density at radius 1 is 1.06 bits per heavy atom. The summed E-state index contributed by atoms with van der Waals surface area (Å²) in [4.78, 5) is 46.7. The molecule has 4 rings (SSSR count). The van der Waals surface area contributed by atoms with Crippen LogP contribution < -0.4 is 9.80 Å². The van der Waals surface area contributed by atoms with E-state index in [1.165, 1.54) is 0 Å². The Kier molecular flexibility index (Phi) is 6.46. The van der Waals surface area contributed by atoms with E-state index in [-0.39, 0.29) is 30.3 Å². The summed E-state index contributed by atoms with van der Waals surface area (Å²) in [6, 6.07) is 5.36. The molecule has 3 aliphatic rings. The minimum Gasteiger partial charge on any atom is -0.378 e. The van der Waals surface area contributed by atoms with Gasteiger partial charge in [0.25, 0.3) is 5.91 Å². The van der Waals surface area contributed by atoms with Gasteiger partial charge in [-0.05, 0) is 51.3 Å². The first-order valence-electron chi connectivity index (χ1n) is 11.4. The van der Waals surface area contributed by atoms with Gasteiger partial charge in [0.15, 0.2) is 0 Å². The summed E-state index contributed by atoms with van der Waals surface area (Å²) in [5, 5.41) is 0. The molecule has 0 aromatic heterocycles. The average molecular weight is 429 g/mol. The second kappa shape index (κ2) is 9.26. The summed E-state index contributed by atoms with van der Waals surface area (Å²) in [7, 11) is 0. The molecule has 1 aromatic carbocycles. The molecule has 8 nitrogen and oxygen atoms in total. The smallest absolute Gasteiger partial charge is 0.253 e. The molecule has 31 heavy (non-hydrogen) atoms. The molecule has 0 saturated carbocycles. The Balaban J connectivity index is 1.68. The predicted octanol–water partition coefficient (Wildman–Crippen LogP) is 1.73. The molecule has 2 fully saturated rings. The Morgan fingerprint density at radius 3 is 2.52 bits per heavy atom. The monoisotopic (exact) mass is 428 g/mol. The summed E-state index contributed by atoms with van der Waals surface area (Å²) >= 11 is 0. The lowest BCUT2D eigenvalue weighted by atomic mass is 9.95. The lowest BCUT2D eigenvalue weighted by molar-refractivity contribution is -0.135. The first-order chi connectivity index (χ1) is 15.0. The van der Waals surface area contributed by atoms with Crippen LogP contribution in [0, 0.1) is 0 Å². The quantitative estimate of drug-likeness (QED) is 0.714. The van der Waals surface area contributed by atoms with Gasteiger partial charge >= 0.3 is 0 Å². The maximum absolute atomic E-state index is 13.5. The van der Waals surface area contributed by atoms with E-state index in [1.54, 1.807) is 20.8 Å². The van der Waals surface area contributed by atoms with Crippen LogP contribution in [0.1, 0.15) is 43.5 Å². The number of fused-ring (bicyclic) bond motifs is 3. The zero-order valence-corrected chi connectivity index (χ0v) is 18.5. The Morgan fingerprint density at radius 2 is 1.81 bits per heavy atom. The fourth-order valence-corrected chi connectivity index (χ4v) is 4.80. The number of piperidine rings is 1. The van der Waals surface area contributed by atoms with Gasteiger partial charge in [0.05, 0.1) is 24.6 Å². The summed E-state index contributed by atoms with van der Waals surface area (Å²) < 4.78 is 5.35. The van der Waals surface area contributed by atoms with E-state index >= 15 is 0 Å². The highest BCUT2D eigenvalue weighted by Gasteiger charge is 2.40. The van der Waals surface area contributed by atoms with Crippen LogP contribution in [0.2, 0.25) is 0 Å². The van der Waals surface area contributed by atoms with Gasteiger partial charge in [0, 0.05) is 38.3 Å². The third kappa shape index (κ3) is 4.13. The molecule has 168 valence electrons. The number of hydrogen-bond acceptors (Lipinski definition) is 5. The molecule has 3 amide bonds. The van der Waals surface area contributed by atoms with E-state index in [1.807, 2.05) is 26.0 Å².